The van der Waals surface area contributed by atoms with Crippen LogP contribution in [0.25, 0.3) is 0 Å². The van der Waals surface area contributed by atoms with Crippen molar-refractivity contribution in [2.24, 2.45) is 5.92 Å². The van der Waals surface area contributed by atoms with Crippen molar-refractivity contribution in [1.29, 1.82) is 0 Å². The summed E-state index contributed by atoms with van der Waals surface area (Å²) in [6.07, 6.45) is 7.28. The molecule has 1 radical (unpaired) electrons. The first kappa shape index (κ1) is 14.5. The lowest BCUT2D eigenvalue weighted by atomic mass is 9.91. The normalized spacial score (nSPS) is 17.9. The lowest BCUT2D eigenvalue weighted by Gasteiger charge is -2.17. The summed E-state index contributed by atoms with van der Waals surface area (Å²) in [6.45, 7) is 12.3. The number of nitrogens with one attached hydrogen (secondary N) is 1. The average molecular weight is 234 g/mol. The van der Waals surface area contributed by atoms with E-state index in [1.165, 1.54) is 31.7 Å². The van der Waals surface area contributed by atoms with Gasteiger partial charge in [0.05, 0.1) is 0 Å². The van der Waals surface area contributed by atoms with E-state index >= 15 is 0 Å². The van der Waals surface area contributed by atoms with Gasteiger partial charge >= 0.3 is 0 Å². The predicted molar refractivity (Wildman–Crippen MR) is 76.7 cm³/mol. The summed E-state index contributed by atoms with van der Waals surface area (Å²) in [5.41, 5.74) is 4.94. The van der Waals surface area contributed by atoms with Crippen molar-refractivity contribution >= 4 is 0 Å². The Kier molecular flexibility index (Phi) is 5.97. The first-order valence-corrected chi connectivity index (χ1v) is 7.05. The van der Waals surface area contributed by atoms with E-state index in [1.807, 2.05) is 0 Å². The number of hydrogen-bond donors (Lipinski definition) is 1. The molecule has 1 rings (SSSR count). The van der Waals surface area contributed by atoms with Crippen LogP contribution in [0.15, 0.2) is 22.8 Å². The highest BCUT2D eigenvalue weighted by Gasteiger charge is 2.19. The summed E-state index contributed by atoms with van der Waals surface area (Å²) in [5, 5.41) is 3.43. The highest BCUT2D eigenvalue weighted by atomic mass is 14.9. The van der Waals surface area contributed by atoms with Gasteiger partial charge in [0.15, 0.2) is 0 Å². The highest BCUT2D eigenvalue weighted by Crippen LogP contribution is 2.35. The molecule has 0 bridgehead atoms. The maximum Gasteiger partial charge on any atom is 0.0301 e. The second kappa shape index (κ2) is 7.00. The smallest absolute Gasteiger partial charge is 0.0301 e. The molecule has 0 aliphatic heterocycles. The van der Waals surface area contributed by atoms with Crippen LogP contribution in [0.5, 0.6) is 0 Å². The minimum Gasteiger partial charge on any atom is -0.310 e. The Morgan fingerprint density at radius 3 is 2.53 bits per heavy atom. The molecule has 0 heterocycles. The summed E-state index contributed by atoms with van der Waals surface area (Å²) in [4.78, 5) is 0. The van der Waals surface area contributed by atoms with Crippen molar-refractivity contribution < 1.29 is 0 Å². The number of hydrogen-bond acceptors (Lipinski definition) is 1. The quantitative estimate of drug-likeness (QED) is 0.677. The minimum absolute atomic E-state index is 0.720. The van der Waals surface area contributed by atoms with Crippen LogP contribution in [0.4, 0.5) is 0 Å². The molecule has 0 aromatic heterocycles. The lowest BCUT2D eigenvalue weighted by Crippen LogP contribution is -2.19. The fourth-order valence-electron chi connectivity index (χ4n) is 2.71. The summed E-state index contributed by atoms with van der Waals surface area (Å²) in [7, 11) is 0. The van der Waals surface area contributed by atoms with E-state index in [9.17, 15) is 0 Å². The van der Waals surface area contributed by atoms with Gasteiger partial charge in [-0.15, -0.1) is 0 Å². The Morgan fingerprint density at radius 2 is 2.00 bits per heavy atom. The van der Waals surface area contributed by atoms with Crippen LogP contribution in [-0.4, -0.2) is 6.54 Å². The second-order valence-corrected chi connectivity index (χ2v) is 5.26. The Hall–Kier alpha value is -0.560. The maximum atomic E-state index is 3.43. The first-order valence-electron chi connectivity index (χ1n) is 7.05. The zero-order valence-corrected chi connectivity index (χ0v) is 12.2. The van der Waals surface area contributed by atoms with Gasteiger partial charge in [-0.3, -0.25) is 0 Å². The zero-order valence-electron chi connectivity index (χ0n) is 12.2. The molecule has 1 atom stereocenters. The predicted octanol–water partition coefficient (Wildman–Crippen LogP) is 4.62. The molecule has 0 aromatic carbocycles. The molecule has 1 unspecified atom stereocenters. The van der Waals surface area contributed by atoms with Crippen LogP contribution in [0.2, 0.25) is 0 Å². The molecule has 0 amide bonds. The first-order chi connectivity index (χ1) is 8.10. The third-order valence-corrected chi connectivity index (χ3v) is 3.73. The fourth-order valence-corrected chi connectivity index (χ4v) is 2.71. The van der Waals surface area contributed by atoms with Crippen LogP contribution in [0.1, 0.15) is 60.3 Å². The van der Waals surface area contributed by atoms with E-state index in [0.29, 0.717) is 0 Å². The maximum absolute atomic E-state index is 3.43. The number of allylic oxidation sites excluding steroid dienone is 4. The molecule has 1 heteroatoms. The molecule has 0 saturated heterocycles. The molecular weight excluding hydrogens is 206 g/mol. The van der Waals surface area contributed by atoms with E-state index < -0.39 is 0 Å². The van der Waals surface area contributed by atoms with Gasteiger partial charge in [0.1, 0.15) is 0 Å². The van der Waals surface area contributed by atoms with Crippen LogP contribution in [0, 0.1) is 12.0 Å². The summed E-state index contributed by atoms with van der Waals surface area (Å²) in [5.74, 6) is 0.720. The Morgan fingerprint density at radius 1 is 1.29 bits per heavy atom. The van der Waals surface area contributed by atoms with E-state index in [4.69, 9.17) is 0 Å². The average Bonchev–Trinajstić information content (AvgIpc) is 2.70. The van der Waals surface area contributed by atoms with E-state index in [-0.39, 0.29) is 0 Å². The topological polar surface area (TPSA) is 12.0 Å². The van der Waals surface area contributed by atoms with E-state index in [1.54, 1.807) is 16.7 Å². The molecular formula is C16H28N. The monoisotopic (exact) mass is 234 g/mol. The van der Waals surface area contributed by atoms with Gasteiger partial charge in [-0.1, -0.05) is 32.4 Å². The van der Waals surface area contributed by atoms with Gasteiger partial charge in [-0.25, -0.2) is 0 Å². The Bertz CT molecular complexity index is 297. The molecule has 1 aliphatic carbocycles. The molecule has 1 aliphatic rings. The Labute approximate surface area is 107 Å². The van der Waals surface area contributed by atoms with Crippen molar-refractivity contribution in [3.8, 4) is 0 Å². The van der Waals surface area contributed by atoms with Gasteiger partial charge in [0.25, 0.3) is 0 Å². The number of rotatable bonds is 7. The standard InChI is InChI=1S/C16H28N/c1-6-14-8-9-16(15(14)7-2)13(5)10-11-17-12(3)4/h8,13,17H,6-7,9-11H2,1-5H3. The SMILES string of the molecule is CCC1=CCC(C(C)CCN[C](C)C)=C1CC. The molecule has 0 fully saturated rings. The summed E-state index contributed by atoms with van der Waals surface area (Å²) in [6, 6.07) is 1.32. The highest BCUT2D eigenvalue weighted by molar-refractivity contribution is 5.43. The third-order valence-electron chi connectivity index (χ3n) is 3.73. The van der Waals surface area contributed by atoms with Crippen LogP contribution in [0.3, 0.4) is 0 Å². The minimum atomic E-state index is 0.720. The summed E-state index contributed by atoms with van der Waals surface area (Å²) < 4.78 is 0. The molecule has 0 saturated carbocycles. The van der Waals surface area contributed by atoms with Crippen molar-refractivity contribution in [1.82, 2.24) is 5.32 Å². The Balaban J connectivity index is 2.54. The largest absolute Gasteiger partial charge is 0.310 e. The summed E-state index contributed by atoms with van der Waals surface area (Å²) >= 11 is 0. The van der Waals surface area contributed by atoms with Crippen LogP contribution < -0.4 is 5.32 Å². The molecule has 97 valence electrons. The fraction of sp³-hybridized carbons (Fsp3) is 0.688. The third kappa shape index (κ3) is 3.99. The van der Waals surface area contributed by atoms with Crippen molar-refractivity contribution in [3.05, 3.63) is 28.8 Å². The van der Waals surface area contributed by atoms with Crippen molar-refractivity contribution in [3.63, 3.8) is 0 Å². The van der Waals surface area contributed by atoms with E-state index in [2.05, 4.69) is 46.0 Å². The van der Waals surface area contributed by atoms with Gasteiger partial charge in [0.2, 0.25) is 0 Å². The van der Waals surface area contributed by atoms with E-state index in [0.717, 1.165) is 12.5 Å². The van der Waals surface area contributed by atoms with Crippen LogP contribution in [-0.2, 0) is 0 Å². The van der Waals surface area contributed by atoms with Gasteiger partial charge in [-0.2, -0.15) is 0 Å². The van der Waals surface area contributed by atoms with Crippen molar-refractivity contribution in [2.45, 2.75) is 60.3 Å². The second-order valence-electron chi connectivity index (χ2n) is 5.26. The molecule has 1 N–H and O–H groups in total. The molecule has 0 aromatic rings. The zero-order chi connectivity index (χ0) is 12.8. The lowest BCUT2D eigenvalue weighted by molar-refractivity contribution is 0.556. The van der Waals surface area contributed by atoms with Gasteiger partial charge in [-0.05, 0) is 63.1 Å². The van der Waals surface area contributed by atoms with Crippen LogP contribution >= 0.6 is 0 Å². The molecule has 1 nitrogen and oxygen atoms in total. The van der Waals surface area contributed by atoms with Gasteiger partial charge < -0.3 is 5.32 Å². The van der Waals surface area contributed by atoms with Crippen molar-refractivity contribution in [2.75, 3.05) is 6.54 Å². The van der Waals surface area contributed by atoms with Gasteiger partial charge in [0, 0.05) is 6.04 Å². The molecule has 0 spiro atoms. The molecule has 17 heavy (non-hydrogen) atoms.